The molecule has 1 aliphatic heterocycles. The van der Waals surface area contributed by atoms with Crippen molar-refractivity contribution in [1.29, 1.82) is 0 Å². The fourth-order valence-electron chi connectivity index (χ4n) is 3.59. The van der Waals surface area contributed by atoms with Crippen LogP contribution in [0.15, 0.2) is 48.5 Å². The molecule has 0 spiro atoms. The molecular formula is C21H22ClN3OS. The van der Waals surface area contributed by atoms with Gasteiger partial charge in [0.1, 0.15) is 0 Å². The highest BCUT2D eigenvalue weighted by atomic mass is 35.5. The van der Waals surface area contributed by atoms with E-state index in [2.05, 4.69) is 40.1 Å². The number of nitrogens with zero attached hydrogens (tertiary/aromatic N) is 2. The van der Waals surface area contributed by atoms with Crippen LogP contribution in [0.1, 0.15) is 15.2 Å². The van der Waals surface area contributed by atoms with Gasteiger partial charge in [-0.05, 0) is 42.3 Å². The summed E-state index contributed by atoms with van der Waals surface area (Å²) in [4.78, 5) is 17.1. The van der Waals surface area contributed by atoms with E-state index in [1.165, 1.54) is 22.6 Å². The van der Waals surface area contributed by atoms with Gasteiger partial charge < -0.3 is 10.6 Å². The fraction of sp³-hybridized carbons (Fsp3) is 0.286. The SMILES string of the molecule is NC(=O)c1cc2c(N3CCN(CCc4ccc(Cl)cc4)CC3)cccc2s1. The molecule has 6 heteroatoms. The monoisotopic (exact) mass is 399 g/mol. The molecule has 2 N–H and O–H groups in total. The minimum atomic E-state index is -0.353. The topological polar surface area (TPSA) is 49.6 Å². The number of hydrogen-bond donors (Lipinski definition) is 1. The maximum absolute atomic E-state index is 11.5. The average Bonchev–Trinajstić information content (AvgIpc) is 3.13. The first-order valence-corrected chi connectivity index (χ1v) is 10.3. The van der Waals surface area contributed by atoms with E-state index in [4.69, 9.17) is 17.3 Å². The molecule has 1 saturated heterocycles. The second-order valence-corrected chi connectivity index (χ2v) is 8.39. The molecule has 1 fully saturated rings. The Hall–Kier alpha value is -2.08. The van der Waals surface area contributed by atoms with Crippen molar-refractivity contribution < 1.29 is 4.79 Å². The molecule has 1 aromatic heterocycles. The van der Waals surface area contributed by atoms with Crippen LogP contribution in [0.4, 0.5) is 5.69 Å². The number of fused-ring (bicyclic) bond motifs is 1. The molecule has 0 atom stereocenters. The molecule has 2 heterocycles. The van der Waals surface area contributed by atoms with E-state index >= 15 is 0 Å². The average molecular weight is 400 g/mol. The first kappa shape index (κ1) is 18.3. The number of primary amides is 1. The summed E-state index contributed by atoms with van der Waals surface area (Å²) in [5.74, 6) is -0.353. The largest absolute Gasteiger partial charge is 0.368 e. The van der Waals surface area contributed by atoms with Crippen LogP contribution in [-0.2, 0) is 6.42 Å². The quantitative estimate of drug-likeness (QED) is 0.705. The van der Waals surface area contributed by atoms with Gasteiger partial charge in [-0.25, -0.2) is 0 Å². The van der Waals surface area contributed by atoms with Gasteiger partial charge in [0.2, 0.25) is 0 Å². The third-order valence-corrected chi connectivity index (χ3v) is 6.49. The van der Waals surface area contributed by atoms with Gasteiger partial charge in [0, 0.05) is 53.5 Å². The Kier molecular flexibility index (Phi) is 5.34. The number of benzene rings is 2. The lowest BCUT2D eigenvalue weighted by atomic mass is 10.1. The van der Waals surface area contributed by atoms with E-state index in [0.717, 1.165) is 54.3 Å². The molecule has 2 aromatic carbocycles. The first-order chi connectivity index (χ1) is 13.1. The molecule has 4 rings (SSSR count). The summed E-state index contributed by atoms with van der Waals surface area (Å²) in [7, 11) is 0. The van der Waals surface area contributed by atoms with Crippen LogP contribution in [0.3, 0.4) is 0 Å². The molecule has 27 heavy (non-hydrogen) atoms. The van der Waals surface area contributed by atoms with E-state index in [9.17, 15) is 4.79 Å². The van der Waals surface area contributed by atoms with Gasteiger partial charge in [-0.3, -0.25) is 9.69 Å². The molecule has 0 unspecified atom stereocenters. The molecule has 1 aliphatic rings. The van der Waals surface area contributed by atoms with Crippen molar-refractivity contribution in [3.63, 3.8) is 0 Å². The van der Waals surface area contributed by atoms with Crippen LogP contribution in [0, 0.1) is 0 Å². The van der Waals surface area contributed by atoms with Crippen LogP contribution >= 0.6 is 22.9 Å². The third-order valence-electron chi connectivity index (χ3n) is 5.12. The number of hydrogen-bond acceptors (Lipinski definition) is 4. The second-order valence-electron chi connectivity index (χ2n) is 6.87. The van der Waals surface area contributed by atoms with Gasteiger partial charge in [0.15, 0.2) is 0 Å². The number of nitrogens with two attached hydrogens (primary N) is 1. The fourth-order valence-corrected chi connectivity index (χ4v) is 4.65. The summed E-state index contributed by atoms with van der Waals surface area (Å²) >= 11 is 7.42. The lowest BCUT2D eigenvalue weighted by Gasteiger charge is -2.36. The molecule has 140 valence electrons. The predicted octanol–water partition coefficient (Wildman–Crippen LogP) is 4.02. The summed E-state index contributed by atoms with van der Waals surface area (Å²) in [6, 6.07) is 16.3. The first-order valence-electron chi connectivity index (χ1n) is 9.14. The van der Waals surface area contributed by atoms with Gasteiger partial charge in [-0.15, -0.1) is 11.3 Å². The number of piperazine rings is 1. The molecule has 4 nitrogen and oxygen atoms in total. The minimum absolute atomic E-state index is 0.353. The van der Waals surface area contributed by atoms with Crippen molar-refractivity contribution in [1.82, 2.24) is 4.90 Å². The Balaban J connectivity index is 1.39. The van der Waals surface area contributed by atoms with E-state index < -0.39 is 0 Å². The molecule has 0 bridgehead atoms. The smallest absolute Gasteiger partial charge is 0.258 e. The van der Waals surface area contributed by atoms with Crippen LogP contribution in [0.5, 0.6) is 0 Å². The van der Waals surface area contributed by atoms with Crippen molar-refractivity contribution in [2.45, 2.75) is 6.42 Å². The summed E-state index contributed by atoms with van der Waals surface area (Å²) < 4.78 is 1.12. The van der Waals surface area contributed by atoms with Gasteiger partial charge in [0.25, 0.3) is 5.91 Å². The number of amides is 1. The van der Waals surface area contributed by atoms with E-state index in [1.807, 2.05) is 18.2 Å². The Morgan fingerprint density at radius 3 is 2.52 bits per heavy atom. The zero-order valence-electron chi connectivity index (χ0n) is 15.0. The summed E-state index contributed by atoms with van der Waals surface area (Å²) in [5.41, 5.74) is 7.98. The highest BCUT2D eigenvalue weighted by Gasteiger charge is 2.19. The van der Waals surface area contributed by atoms with E-state index in [1.54, 1.807) is 0 Å². The zero-order valence-corrected chi connectivity index (χ0v) is 16.6. The number of thiophene rings is 1. The Bertz CT molecular complexity index is 946. The van der Waals surface area contributed by atoms with Crippen LogP contribution in [-0.4, -0.2) is 43.5 Å². The maximum atomic E-state index is 11.5. The minimum Gasteiger partial charge on any atom is -0.368 e. The molecule has 0 saturated carbocycles. The lowest BCUT2D eigenvalue weighted by Crippen LogP contribution is -2.47. The van der Waals surface area contributed by atoms with Crippen LogP contribution in [0.2, 0.25) is 5.02 Å². The number of halogens is 1. The van der Waals surface area contributed by atoms with E-state index in [-0.39, 0.29) is 5.91 Å². The molecule has 0 aliphatic carbocycles. The van der Waals surface area contributed by atoms with Gasteiger partial charge in [-0.2, -0.15) is 0 Å². The standard InChI is InChI=1S/C21H22ClN3OS/c22-16-6-4-15(5-7-16)8-9-24-10-12-25(13-11-24)18-2-1-3-19-17(18)14-20(27-19)21(23)26/h1-7,14H,8-13H2,(H2,23,26). The maximum Gasteiger partial charge on any atom is 0.258 e. The number of carbonyl (C=O) groups excluding carboxylic acids is 1. The number of anilines is 1. The third kappa shape index (κ3) is 4.10. The second kappa shape index (κ2) is 7.89. The van der Waals surface area contributed by atoms with Crippen LogP contribution < -0.4 is 10.6 Å². The Morgan fingerprint density at radius 2 is 1.81 bits per heavy atom. The van der Waals surface area contributed by atoms with Crippen molar-refractivity contribution in [3.05, 3.63) is 64.0 Å². The van der Waals surface area contributed by atoms with E-state index in [0.29, 0.717) is 4.88 Å². The highest BCUT2D eigenvalue weighted by Crippen LogP contribution is 2.33. The predicted molar refractivity (Wildman–Crippen MR) is 114 cm³/mol. The Labute approximate surface area is 168 Å². The zero-order chi connectivity index (χ0) is 18.8. The van der Waals surface area contributed by atoms with Crippen molar-refractivity contribution in [3.8, 4) is 0 Å². The summed E-state index contributed by atoms with van der Waals surface area (Å²) in [5, 5.41) is 1.92. The van der Waals surface area contributed by atoms with Crippen molar-refractivity contribution in [2.75, 3.05) is 37.6 Å². The van der Waals surface area contributed by atoms with Gasteiger partial charge in [-0.1, -0.05) is 29.8 Å². The molecule has 3 aromatic rings. The number of carbonyl (C=O) groups is 1. The van der Waals surface area contributed by atoms with Crippen LogP contribution in [0.25, 0.3) is 10.1 Å². The van der Waals surface area contributed by atoms with Gasteiger partial charge >= 0.3 is 0 Å². The lowest BCUT2D eigenvalue weighted by molar-refractivity contribution is 0.100. The van der Waals surface area contributed by atoms with Gasteiger partial charge in [0.05, 0.1) is 4.88 Å². The summed E-state index contributed by atoms with van der Waals surface area (Å²) in [6.45, 7) is 5.11. The highest BCUT2D eigenvalue weighted by molar-refractivity contribution is 7.20. The van der Waals surface area contributed by atoms with Crippen molar-refractivity contribution in [2.24, 2.45) is 5.73 Å². The summed E-state index contributed by atoms with van der Waals surface area (Å²) in [6.07, 6.45) is 1.04. The number of rotatable bonds is 5. The molecule has 1 amide bonds. The molecule has 0 radical (unpaired) electrons. The normalized spacial score (nSPS) is 15.4. The van der Waals surface area contributed by atoms with Crippen molar-refractivity contribution >= 4 is 44.6 Å². The Morgan fingerprint density at radius 1 is 1.07 bits per heavy atom. The molecular weight excluding hydrogens is 378 g/mol.